The van der Waals surface area contributed by atoms with Crippen molar-refractivity contribution in [3.8, 4) is 0 Å². The van der Waals surface area contributed by atoms with Crippen molar-refractivity contribution in [3.05, 3.63) is 0 Å². The van der Waals surface area contributed by atoms with E-state index in [2.05, 4.69) is 4.74 Å². The largest absolute Gasteiger partial charge is 0.465 e. The Bertz CT molecular complexity index is 674. The van der Waals surface area contributed by atoms with Gasteiger partial charge in [-0.05, 0) is 18.8 Å². The molecule has 10 heteroatoms. The van der Waals surface area contributed by atoms with Gasteiger partial charge in [0, 0.05) is 11.3 Å². The van der Waals surface area contributed by atoms with E-state index in [0.29, 0.717) is 6.42 Å². The summed E-state index contributed by atoms with van der Waals surface area (Å²) in [6, 6.07) is 0. The molecule has 7 nitrogen and oxygen atoms in total. The Morgan fingerprint density at radius 3 is 2.76 bits per heavy atom. The van der Waals surface area contributed by atoms with Crippen LogP contribution in [0.25, 0.3) is 0 Å². The summed E-state index contributed by atoms with van der Waals surface area (Å²) in [6.07, 6.45) is -0.509. The maximum Gasteiger partial charge on any atom is 0.465 e. The maximum atomic E-state index is 13.2. The molecule has 4 aliphatic carbocycles. The predicted molar refractivity (Wildman–Crippen MR) is 58.4 cm³/mol. The number of halogens is 2. The molecule has 21 heavy (non-hydrogen) atoms. The quantitative estimate of drug-likeness (QED) is 0.573. The average Bonchev–Trinajstić information content (AvgIpc) is 2.92. The molecular weight excluding hydrogens is 314 g/mol. The molecule has 1 N–H and O–H groups in total. The number of esters is 2. The smallest absolute Gasteiger partial charge is 0.458 e. The lowest BCUT2D eigenvalue weighted by molar-refractivity contribution is -0.266. The van der Waals surface area contributed by atoms with Crippen molar-refractivity contribution in [2.24, 2.45) is 23.2 Å². The van der Waals surface area contributed by atoms with Gasteiger partial charge >= 0.3 is 27.3 Å². The standard InChI is InChI=1S/C11H10F2O7S/c12-11(13,21(16,17)18)9(15)19-6-5-3-1-4-8(14)20-7(6)10(4,5)2-3/h3-7H,1-2H2,(H,16,17,18). The fraction of sp³-hybridized carbons (Fsp3) is 0.818. The summed E-state index contributed by atoms with van der Waals surface area (Å²) in [4.78, 5) is 23.0. The Morgan fingerprint density at radius 1 is 1.48 bits per heavy atom. The maximum absolute atomic E-state index is 13.2. The van der Waals surface area contributed by atoms with Crippen LogP contribution in [0, 0.1) is 23.2 Å². The van der Waals surface area contributed by atoms with Gasteiger partial charge in [0.05, 0.1) is 5.92 Å². The van der Waals surface area contributed by atoms with E-state index >= 15 is 0 Å². The third kappa shape index (κ3) is 1.25. The summed E-state index contributed by atoms with van der Waals surface area (Å²) in [5.41, 5.74) is -0.417. The van der Waals surface area contributed by atoms with Crippen LogP contribution >= 0.6 is 0 Å². The van der Waals surface area contributed by atoms with E-state index in [0.717, 1.165) is 6.42 Å². The van der Waals surface area contributed by atoms with Crippen molar-refractivity contribution >= 4 is 22.1 Å². The molecular formula is C11H10F2O7S. The van der Waals surface area contributed by atoms with Crippen molar-refractivity contribution in [3.63, 3.8) is 0 Å². The van der Waals surface area contributed by atoms with Crippen LogP contribution in [0.2, 0.25) is 0 Å². The highest BCUT2D eigenvalue weighted by Crippen LogP contribution is 2.79. The van der Waals surface area contributed by atoms with Gasteiger partial charge in [0.25, 0.3) is 0 Å². The third-order valence-corrected chi connectivity index (χ3v) is 6.26. The molecule has 1 spiro atoms. The molecule has 0 amide bonds. The number of carbonyl (C=O) groups excluding carboxylic acids is 2. The lowest BCUT2D eigenvalue weighted by Gasteiger charge is -2.62. The summed E-state index contributed by atoms with van der Waals surface area (Å²) < 4.78 is 65.4. The number of rotatable bonds is 3. The van der Waals surface area contributed by atoms with Gasteiger partial charge in [-0.3, -0.25) is 9.35 Å². The van der Waals surface area contributed by atoms with Crippen molar-refractivity contribution in [1.82, 2.24) is 0 Å². The minimum Gasteiger partial charge on any atom is -0.458 e. The van der Waals surface area contributed by atoms with Crippen molar-refractivity contribution in [2.45, 2.75) is 30.3 Å². The number of carbonyl (C=O) groups is 2. The van der Waals surface area contributed by atoms with Gasteiger partial charge in [-0.25, -0.2) is 4.79 Å². The minimum absolute atomic E-state index is 0.108. The summed E-state index contributed by atoms with van der Waals surface area (Å²) in [7, 11) is -5.90. The number of hydrogen-bond donors (Lipinski definition) is 1. The van der Waals surface area contributed by atoms with Gasteiger partial charge in [-0.2, -0.15) is 17.2 Å². The first kappa shape index (κ1) is 13.4. The van der Waals surface area contributed by atoms with E-state index in [1.54, 1.807) is 0 Å². The first-order valence-corrected chi connectivity index (χ1v) is 7.81. The Balaban J connectivity index is 1.56. The van der Waals surface area contributed by atoms with Crippen LogP contribution in [-0.2, 0) is 29.2 Å². The average molecular weight is 324 g/mol. The van der Waals surface area contributed by atoms with E-state index in [1.165, 1.54) is 0 Å². The van der Waals surface area contributed by atoms with E-state index in [9.17, 15) is 26.8 Å². The van der Waals surface area contributed by atoms with Gasteiger partial charge in [-0.15, -0.1) is 0 Å². The highest BCUT2D eigenvalue weighted by molar-refractivity contribution is 7.87. The zero-order valence-electron chi connectivity index (χ0n) is 10.4. The monoisotopic (exact) mass is 324 g/mol. The van der Waals surface area contributed by atoms with Gasteiger partial charge in [0.15, 0.2) is 0 Å². The summed E-state index contributed by atoms with van der Waals surface area (Å²) in [5.74, 6) is -3.15. The summed E-state index contributed by atoms with van der Waals surface area (Å²) in [6.45, 7) is 0. The van der Waals surface area contributed by atoms with Crippen LogP contribution in [0.5, 0.6) is 0 Å². The van der Waals surface area contributed by atoms with E-state index < -0.39 is 44.9 Å². The molecule has 6 atom stereocenters. The SMILES string of the molecule is O=C1OC2C(OC(=O)C(F)(F)S(=O)(=O)O)C3C4CC1C23C4. The highest BCUT2D eigenvalue weighted by Gasteiger charge is 2.86. The van der Waals surface area contributed by atoms with Crippen LogP contribution in [-0.4, -0.2) is 42.4 Å². The molecule has 5 rings (SSSR count). The number of hydrogen-bond acceptors (Lipinski definition) is 6. The van der Waals surface area contributed by atoms with Crippen molar-refractivity contribution in [2.75, 3.05) is 0 Å². The Kier molecular flexibility index (Phi) is 2.15. The Hall–Kier alpha value is -1.29. The second-order valence-electron chi connectivity index (χ2n) is 6.11. The molecule has 1 aliphatic heterocycles. The highest BCUT2D eigenvalue weighted by atomic mass is 32.2. The molecule has 116 valence electrons. The molecule has 2 bridgehead atoms. The molecule has 1 heterocycles. The first-order valence-electron chi connectivity index (χ1n) is 6.37. The third-order valence-electron chi connectivity index (χ3n) is 5.45. The molecule has 4 saturated carbocycles. The lowest BCUT2D eigenvalue weighted by Crippen LogP contribution is -2.71. The molecule has 6 unspecified atom stereocenters. The molecule has 0 aromatic heterocycles. The predicted octanol–water partition coefficient (Wildman–Crippen LogP) is -0.0398. The summed E-state index contributed by atoms with van der Waals surface area (Å²) >= 11 is 0. The Labute approximate surface area is 117 Å². The normalized spacial score (nSPS) is 46.2. The topological polar surface area (TPSA) is 107 Å². The van der Waals surface area contributed by atoms with Crippen LogP contribution in [0.3, 0.4) is 0 Å². The van der Waals surface area contributed by atoms with Crippen molar-refractivity contribution in [1.29, 1.82) is 0 Å². The fourth-order valence-electron chi connectivity index (χ4n) is 4.71. The minimum atomic E-state index is -5.90. The number of alkyl halides is 2. The number of ether oxygens (including phenoxy) is 2. The second kappa shape index (κ2) is 3.37. The molecule has 0 radical (unpaired) electrons. The van der Waals surface area contributed by atoms with Gasteiger partial charge in [-0.1, -0.05) is 0 Å². The van der Waals surface area contributed by atoms with Crippen LogP contribution in [0.4, 0.5) is 8.78 Å². The zero-order valence-corrected chi connectivity index (χ0v) is 11.2. The Morgan fingerprint density at radius 2 is 2.14 bits per heavy atom. The first-order chi connectivity index (χ1) is 9.60. The van der Waals surface area contributed by atoms with Crippen molar-refractivity contribution < 1.29 is 40.8 Å². The summed E-state index contributed by atoms with van der Waals surface area (Å²) in [5, 5.41) is -5.03. The zero-order chi connectivity index (χ0) is 15.4. The lowest BCUT2D eigenvalue weighted by atomic mass is 9.44. The van der Waals surface area contributed by atoms with Gasteiger partial charge in [0.1, 0.15) is 12.2 Å². The molecule has 0 aromatic carbocycles. The van der Waals surface area contributed by atoms with E-state index in [-0.39, 0.29) is 17.8 Å². The van der Waals surface area contributed by atoms with Crippen LogP contribution in [0.15, 0.2) is 0 Å². The molecule has 1 saturated heterocycles. The van der Waals surface area contributed by atoms with Crippen LogP contribution < -0.4 is 0 Å². The fourth-order valence-corrected chi connectivity index (χ4v) is 4.97. The molecule has 5 fully saturated rings. The van der Waals surface area contributed by atoms with E-state index in [1.807, 2.05) is 0 Å². The van der Waals surface area contributed by atoms with Gasteiger partial charge in [0.2, 0.25) is 0 Å². The molecule has 5 aliphatic rings. The van der Waals surface area contributed by atoms with Gasteiger partial charge < -0.3 is 9.47 Å². The van der Waals surface area contributed by atoms with Crippen LogP contribution in [0.1, 0.15) is 12.8 Å². The molecule has 0 aromatic rings. The second-order valence-corrected chi connectivity index (χ2v) is 7.57. The van der Waals surface area contributed by atoms with E-state index in [4.69, 9.17) is 9.29 Å².